The summed E-state index contributed by atoms with van der Waals surface area (Å²) in [4.78, 5) is 4.20. The third-order valence-electron chi connectivity index (χ3n) is 2.87. The minimum atomic E-state index is -0.612. The lowest BCUT2D eigenvalue weighted by Gasteiger charge is -2.14. The van der Waals surface area contributed by atoms with Crippen LogP contribution in [0.4, 0.5) is 0 Å². The normalized spacial score (nSPS) is 12.4. The summed E-state index contributed by atoms with van der Waals surface area (Å²) in [5.41, 5.74) is 1.06. The zero-order chi connectivity index (χ0) is 13.8. The smallest absolute Gasteiger partial charge is 0.147 e. The van der Waals surface area contributed by atoms with E-state index in [0.717, 1.165) is 17.1 Å². The number of benzene rings is 1. The van der Waals surface area contributed by atoms with Crippen molar-refractivity contribution in [1.82, 2.24) is 14.8 Å². The molecule has 0 aliphatic rings. The molecule has 2 aromatic rings. The molecule has 0 saturated heterocycles. The van der Waals surface area contributed by atoms with Crippen molar-refractivity contribution >= 4 is 0 Å². The number of ether oxygens (including phenoxy) is 1. The first-order valence-electron chi connectivity index (χ1n) is 6.31. The highest BCUT2D eigenvalue weighted by molar-refractivity contribution is 5.31. The molecule has 0 amide bonds. The van der Waals surface area contributed by atoms with E-state index < -0.39 is 6.10 Å². The Labute approximate surface area is 112 Å². The van der Waals surface area contributed by atoms with Crippen LogP contribution in [0.3, 0.4) is 0 Å². The van der Waals surface area contributed by atoms with Gasteiger partial charge < -0.3 is 9.84 Å². The van der Waals surface area contributed by atoms with E-state index in [1.807, 2.05) is 45.0 Å². The van der Waals surface area contributed by atoms with Crippen LogP contribution in [-0.4, -0.2) is 32.6 Å². The van der Waals surface area contributed by atoms with Crippen molar-refractivity contribution in [2.75, 3.05) is 6.61 Å². The zero-order valence-corrected chi connectivity index (χ0v) is 11.5. The van der Waals surface area contributed by atoms with Gasteiger partial charge in [-0.3, -0.25) is 0 Å². The zero-order valence-electron chi connectivity index (χ0n) is 11.5. The molecule has 1 N–H and O–H groups in total. The van der Waals surface area contributed by atoms with E-state index in [2.05, 4.69) is 10.1 Å². The van der Waals surface area contributed by atoms with Crippen LogP contribution in [0.2, 0.25) is 0 Å². The van der Waals surface area contributed by atoms with Gasteiger partial charge in [0, 0.05) is 0 Å². The first-order chi connectivity index (χ1) is 9.06. The van der Waals surface area contributed by atoms with Crippen molar-refractivity contribution in [3.8, 4) is 5.75 Å². The number of para-hydroxylation sites is 1. The van der Waals surface area contributed by atoms with Crippen molar-refractivity contribution in [2.45, 2.75) is 33.4 Å². The van der Waals surface area contributed by atoms with Gasteiger partial charge in [-0.25, -0.2) is 9.67 Å². The molecule has 2 rings (SSSR count). The number of aryl methyl sites for hydroxylation is 3. The molecule has 0 aliphatic carbocycles. The van der Waals surface area contributed by atoms with E-state index in [-0.39, 0.29) is 6.61 Å². The molecule has 5 nitrogen and oxygen atoms in total. The fourth-order valence-electron chi connectivity index (χ4n) is 1.89. The van der Waals surface area contributed by atoms with Gasteiger partial charge in [-0.05, 0) is 32.4 Å². The average Bonchev–Trinajstić information content (AvgIpc) is 2.67. The fourth-order valence-corrected chi connectivity index (χ4v) is 1.89. The summed E-state index contributed by atoms with van der Waals surface area (Å²) < 4.78 is 7.30. The third-order valence-corrected chi connectivity index (χ3v) is 2.87. The van der Waals surface area contributed by atoms with Crippen LogP contribution in [0.1, 0.15) is 17.2 Å². The van der Waals surface area contributed by atoms with Crippen LogP contribution in [0, 0.1) is 20.8 Å². The van der Waals surface area contributed by atoms with Gasteiger partial charge in [-0.2, -0.15) is 5.10 Å². The largest absolute Gasteiger partial charge is 0.491 e. The molecule has 1 unspecified atom stereocenters. The Morgan fingerprint density at radius 3 is 2.63 bits per heavy atom. The lowest BCUT2D eigenvalue weighted by molar-refractivity contribution is 0.0883. The first kappa shape index (κ1) is 13.5. The molecule has 0 aliphatic heterocycles. The maximum atomic E-state index is 9.97. The van der Waals surface area contributed by atoms with Crippen molar-refractivity contribution in [1.29, 1.82) is 0 Å². The molecule has 0 spiro atoms. The molecule has 19 heavy (non-hydrogen) atoms. The summed E-state index contributed by atoms with van der Waals surface area (Å²) in [7, 11) is 0. The van der Waals surface area contributed by atoms with Crippen LogP contribution >= 0.6 is 0 Å². The van der Waals surface area contributed by atoms with Gasteiger partial charge in [-0.15, -0.1) is 0 Å². The van der Waals surface area contributed by atoms with Gasteiger partial charge in [0.25, 0.3) is 0 Å². The Balaban J connectivity index is 1.90. The molecule has 1 aromatic heterocycles. The highest BCUT2D eigenvalue weighted by atomic mass is 16.5. The number of hydrogen-bond donors (Lipinski definition) is 1. The maximum Gasteiger partial charge on any atom is 0.147 e. The molecule has 1 aromatic carbocycles. The van der Waals surface area contributed by atoms with Crippen LogP contribution in [0.15, 0.2) is 24.3 Å². The van der Waals surface area contributed by atoms with Gasteiger partial charge in [-0.1, -0.05) is 18.2 Å². The summed E-state index contributed by atoms with van der Waals surface area (Å²) >= 11 is 0. The molecular formula is C14H19N3O2. The minimum Gasteiger partial charge on any atom is -0.491 e. The summed E-state index contributed by atoms with van der Waals surface area (Å²) in [6.45, 7) is 6.31. The van der Waals surface area contributed by atoms with Crippen molar-refractivity contribution < 1.29 is 9.84 Å². The lowest BCUT2D eigenvalue weighted by atomic mass is 10.2. The minimum absolute atomic E-state index is 0.239. The summed E-state index contributed by atoms with van der Waals surface area (Å²) in [6, 6.07) is 7.75. The molecule has 0 radical (unpaired) electrons. The highest BCUT2D eigenvalue weighted by Gasteiger charge is 2.10. The predicted octanol–water partition coefficient (Wildman–Crippen LogP) is 1.64. The van der Waals surface area contributed by atoms with Gasteiger partial charge >= 0.3 is 0 Å². The Hall–Kier alpha value is -1.88. The fraction of sp³-hybridized carbons (Fsp3) is 0.429. The summed E-state index contributed by atoms with van der Waals surface area (Å²) in [6.07, 6.45) is -0.612. The molecule has 0 bridgehead atoms. The highest BCUT2D eigenvalue weighted by Crippen LogP contribution is 2.16. The molecule has 0 saturated carbocycles. The molecule has 1 atom stereocenters. The van der Waals surface area contributed by atoms with E-state index in [1.165, 1.54) is 0 Å². The van der Waals surface area contributed by atoms with E-state index in [0.29, 0.717) is 12.4 Å². The molecule has 102 valence electrons. The van der Waals surface area contributed by atoms with Crippen molar-refractivity contribution in [2.24, 2.45) is 0 Å². The Morgan fingerprint density at radius 1 is 1.26 bits per heavy atom. The Morgan fingerprint density at radius 2 is 2.00 bits per heavy atom. The SMILES string of the molecule is Cc1nc(C)n(CC(O)COc2ccccc2C)n1. The standard InChI is InChI=1S/C14H19N3O2/c1-10-6-4-5-7-14(10)19-9-13(18)8-17-12(3)15-11(2)16-17/h4-7,13,18H,8-9H2,1-3H3. The number of aromatic nitrogens is 3. The van der Waals surface area contributed by atoms with Crippen LogP contribution < -0.4 is 4.74 Å². The quantitative estimate of drug-likeness (QED) is 0.889. The topological polar surface area (TPSA) is 60.2 Å². The first-order valence-corrected chi connectivity index (χ1v) is 6.31. The van der Waals surface area contributed by atoms with E-state index in [1.54, 1.807) is 4.68 Å². The molecule has 1 heterocycles. The van der Waals surface area contributed by atoms with Gasteiger partial charge in [0.15, 0.2) is 0 Å². The number of nitrogens with zero attached hydrogens (tertiary/aromatic N) is 3. The van der Waals surface area contributed by atoms with E-state index >= 15 is 0 Å². The Bertz CT molecular complexity index is 551. The van der Waals surface area contributed by atoms with Gasteiger partial charge in [0.05, 0.1) is 6.54 Å². The molecule has 5 heteroatoms. The van der Waals surface area contributed by atoms with Crippen LogP contribution in [0.25, 0.3) is 0 Å². The van der Waals surface area contributed by atoms with Crippen molar-refractivity contribution in [3.63, 3.8) is 0 Å². The number of hydrogen-bond acceptors (Lipinski definition) is 4. The Kier molecular flexibility index (Phi) is 4.16. The number of aliphatic hydroxyl groups is 1. The van der Waals surface area contributed by atoms with E-state index in [9.17, 15) is 5.11 Å². The lowest BCUT2D eigenvalue weighted by Crippen LogP contribution is -2.25. The molecule has 0 fully saturated rings. The second-order valence-electron chi connectivity index (χ2n) is 4.62. The average molecular weight is 261 g/mol. The second kappa shape index (κ2) is 5.84. The monoisotopic (exact) mass is 261 g/mol. The predicted molar refractivity (Wildman–Crippen MR) is 72.2 cm³/mol. The third kappa shape index (κ3) is 3.54. The van der Waals surface area contributed by atoms with Gasteiger partial charge in [0.1, 0.15) is 30.1 Å². The maximum absolute atomic E-state index is 9.97. The van der Waals surface area contributed by atoms with Gasteiger partial charge in [0.2, 0.25) is 0 Å². The number of aliphatic hydroxyl groups excluding tert-OH is 1. The summed E-state index contributed by atoms with van der Waals surface area (Å²) in [5, 5.41) is 14.2. The summed E-state index contributed by atoms with van der Waals surface area (Å²) in [5.74, 6) is 2.31. The van der Waals surface area contributed by atoms with Crippen LogP contribution in [0.5, 0.6) is 5.75 Å². The van der Waals surface area contributed by atoms with Crippen molar-refractivity contribution in [3.05, 3.63) is 41.5 Å². The van der Waals surface area contributed by atoms with Crippen LogP contribution in [-0.2, 0) is 6.54 Å². The second-order valence-corrected chi connectivity index (χ2v) is 4.62. The molecular weight excluding hydrogens is 242 g/mol. The van der Waals surface area contributed by atoms with E-state index in [4.69, 9.17) is 4.74 Å². The number of rotatable bonds is 5.